The largest absolute Gasteiger partial charge is 0.444 e. The molecule has 0 saturated heterocycles. The van der Waals surface area contributed by atoms with E-state index >= 15 is 0 Å². The summed E-state index contributed by atoms with van der Waals surface area (Å²) in [5.74, 6) is 0.0666. The third kappa shape index (κ3) is 10.7. The number of hydrogen-bond acceptors (Lipinski definition) is 6. The molecule has 0 spiro atoms. The van der Waals surface area contributed by atoms with Gasteiger partial charge in [0.1, 0.15) is 17.3 Å². The maximum atomic E-state index is 14.4. The van der Waals surface area contributed by atoms with E-state index in [-0.39, 0.29) is 11.7 Å². The fourth-order valence-electron chi connectivity index (χ4n) is 2.47. The second kappa shape index (κ2) is 12.0. The van der Waals surface area contributed by atoms with E-state index in [1.807, 2.05) is 20.8 Å². The number of nitrogens with two attached hydrogens (primary N) is 1. The van der Waals surface area contributed by atoms with Crippen LogP contribution in [0.5, 0.6) is 0 Å². The van der Waals surface area contributed by atoms with Crippen LogP contribution in [0.25, 0.3) is 0 Å². The quantitative estimate of drug-likeness (QED) is 0.460. The first-order chi connectivity index (χ1) is 14.9. The Labute approximate surface area is 197 Å². The number of halogens is 4. The molecule has 1 heterocycles. The molecule has 1 aliphatic heterocycles. The average molecular weight is 498 g/mol. The highest BCUT2D eigenvalue weighted by Crippen LogP contribution is 2.41. The topological polar surface area (TPSA) is 96.9 Å². The fraction of sp³-hybridized carbons (Fsp3) is 0.636. The molecule has 0 aromatic heterocycles. The molecule has 2 rings (SSSR count). The van der Waals surface area contributed by atoms with Crippen LogP contribution in [0.3, 0.4) is 0 Å². The van der Waals surface area contributed by atoms with Gasteiger partial charge in [0.05, 0.1) is 12.1 Å². The summed E-state index contributed by atoms with van der Waals surface area (Å²) in [4.78, 5) is 15.2. The smallest absolute Gasteiger partial charge is 0.413 e. The van der Waals surface area contributed by atoms with Crippen molar-refractivity contribution in [3.8, 4) is 0 Å². The Morgan fingerprint density at radius 2 is 1.79 bits per heavy atom. The fourth-order valence-corrected chi connectivity index (χ4v) is 3.48. The van der Waals surface area contributed by atoms with Crippen molar-refractivity contribution >= 4 is 23.7 Å². The number of carbonyl (C=O) groups is 1. The van der Waals surface area contributed by atoms with Gasteiger partial charge in [0.2, 0.25) is 0 Å². The van der Waals surface area contributed by atoms with E-state index in [9.17, 15) is 27.5 Å². The first-order valence-corrected chi connectivity index (χ1v) is 11.4. The van der Waals surface area contributed by atoms with E-state index in [0.717, 1.165) is 5.56 Å². The number of thioether (sulfide) groups is 1. The Morgan fingerprint density at radius 3 is 2.24 bits per heavy atom. The Kier molecular flexibility index (Phi) is 11.4. The third-order valence-corrected chi connectivity index (χ3v) is 5.45. The minimum Gasteiger partial charge on any atom is -0.444 e. The molecular formula is C22H35F4N3O3S. The molecule has 1 aliphatic rings. The minimum atomic E-state index is -4.18. The lowest BCUT2D eigenvalue weighted by molar-refractivity contribution is -0.118. The maximum Gasteiger partial charge on any atom is 0.413 e. The van der Waals surface area contributed by atoms with Gasteiger partial charge in [0.25, 0.3) is 0 Å². The molecule has 33 heavy (non-hydrogen) atoms. The average Bonchev–Trinajstić information content (AvgIpc) is 2.67. The maximum absolute atomic E-state index is 14.4. The number of ether oxygens (including phenoxy) is 1. The zero-order valence-electron chi connectivity index (χ0n) is 20.4. The minimum absolute atomic E-state index is 0.0569. The van der Waals surface area contributed by atoms with Gasteiger partial charge in [-0.15, -0.1) is 11.8 Å². The normalized spacial score (nSPS) is 22.7. The van der Waals surface area contributed by atoms with Gasteiger partial charge >= 0.3 is 12.3 Å². The zero-order valence-corrected chi connectivity index (χ0v) is 21.2. The van der Waals surface area contributed by atoms with Gasteiger partial charge < -0.3 is 15.6 Å². The van der Waals surface area contributed by atoms with Crippen LogP contribution >= 0.6 is 11.8 Å². The number of alkyl halides is 3. The van der Waals surface area contributed by atoms with Crippen molar-refractivity contribution in [2.45, 2.75) is 77.6 Å². The van der Waals surface area contributed by atoms with Gasteiger partial charge in [0.15, 0.2) is 4.93 Å². The van der Waals surface area contributed by atoms with Crippen LogP contribution < -0.4 is 11.1 Å². The molecule has 2 unspecified atom stereocenters. The molecule has 190 valence electrons. The van der Waals surface area contributed by atoms with Crippen LogP contribution in [0.1, 0.15) is 59.6 Å². The summed E-state index contributed by atoms with van der Waals surface area (Å²) < 4.78 is 51.6. The summed E-state index contributed by atoms with van der Waals surface area (Å²) in [5, 5.41) is 13.1. The molecule has 2 atom stereocenters. The lowest BCUT2D eigenvalue weighted by atomic mass is 9.92. The van der Waals surface area contributed by atoms with Crippen molar-refractivity contribution < 1.29 is 32.2 Å². The van der Waals surface area contributed by atoms with E-state index in [1.165, 1.54) is 17.8 Å². The van der Waals surface area contributed by atoms with Crippen LogP contribution in [0.2, 0.25) is 0 Å². The molecule has 0 radical (unpaired) electrons. The Balaban J connectivity index is 0.00000111. The van der Waals surface area contributed by atoms with Crippen LogP contribution in [0.4, 0.5) is 22.4 Å². The number of aryl methyl sites for hydroxylation is 1. The van der Waals surface area contributed by atoms with Gasteiger partial charge in [-0.2, -0.15) is 13.2 Å². The van der Waals surface area contributed by atoms with Crippen molar-refractivity contribution in [2.24, 2.45) is 10.7 Å². The highest BCUT2D eigenvalue weighted by Gasteiger charge is 2.43. The number of nitrogens with zero attached hydrogens (tertiary/aromatic N) is 1. The van der Waals surface area contributed by atoms with Crippen molar-refractivity contribution in [3.63, 3.8) is 0 Å². The monoisotopic (exact) mass is 497 g/mol. The molecule has 0 bridgehead atoms. The van der Waals surface area contributed by atoms with E-state index in [2.05, 4.69) is 16.0 Å². The molecule has 1 aromatic rings. The number of aliphatic hydroxyl groups is 1. The highest BCUT2D eigenvalue weighted by atomic mass is 32.2. The summed E-state index contributed by atoms with van der Waals surface area (Å²) in [5.41, 5.74) is 3.94. The van der Waals surface area contributed by atoms with E-state index in [0.29, 0.717) is 11.3 Å². The van der Waals surface area contributed by atoms with Crippen molar-refractivity contribution in [1.29, 1.82) is 0 Å². The first kappa shape index (κ1) is 31.1. The van der Waals surface area contributed by atoms with Crippen LogP contribution in [-0.4, -0.2) is 46.0 Å². The van der Waals surface area contributed by atoms with Gasteiger partial charge in [-0.05, 0) is 47.6 Å². The Bertz CT molecular complexity index is 824. The predicted octanol–water partition coefficient (Wildman–Crippen LogP) is 5.26. The molecule has 1 aromatic carbocycles. The number of amidine groups is 1. The van der Waals surface area contributed by atoms with Gasteiger partial charge in [-0.3, -0.25) is 10.3 Å². The lowest BCUT2D eigenvalue weighted by Crippen LogP contribution is -2.51. The summed E-state index contributed by atoms with van der Waals surface area (Å²) in [7, 11) is 0. The summed E-state index contributed by atoms with van der Waals surface area (Å²) in [6, 6.07) is 4.84. The van der Waals surface area contributed by atoms with Gasteiger partial charge in [-0.1, -0.05) is 31.5 Å². The highest BCUT2D eigenvalue weighted by molar-refractivity contribution is 8.01. The number of benzene rings is 1. The standard InChI is InChI=1S/C18H25FN2O3S.C2H4F3N.C2H6/c1-11-7-8-13(19)12(9-11)17(5)10-25-18(6,23)14(21-17)20-15(22)24-16(2,3)4;3-2(4,5)1-6;1-2/h7-9,23H,10H2,1-6H3,(H,20,21,22);1,6H2;1-2H3. The third-order valence-electron chi connectivity index (χ3n) is 3.99. The number of rotatable bonds is 1. The van der Waals surface area contributed by atoms with Crippen LogP contribution in [0, 0.1) is 12.7 Å². The van der Waals surface area contributed by atoms with Crippen molar-refractivity contribution in [2.75, 3.05) is 12.3 Å². The number of carbonyl (C=O) groups excluding carboxylic acids is 1. The Hall–Kier alpha value is -1.85. The second-order valence-electron chi connectivity index (χ2n) is 8.44. The number of aliphatic imine (C=N–C) groups is 1. The number of hydrogen-bond donors (Lipinski definition) is 3. The van der Waals surface area contributed by atoms with E-state index in [4.69, 9.17) is 4.74 Å². The first-order valence-electron chi connectivity index (χ1n) is 10.4. The number of nitrogens with one attached hydrogen (secondary N) is 1. The molecule has 0 aliphatic carbocycles. The van der Waals surface area contributed by atoms with E-state index in [1.54, 1.807) is 46.8 Å². The molecule has 4 N–H and O–H groups in total. The molecule has 6 nitrogen and oxygen atoms in total. The van der Waals surface area contributed by atoms with Crippen LogP contribution in [-0.2, 0) is 10.3 Å². The van der Waals surface area contributed by atoms with E-state index < -0.39 is 34.9 Å². The summed E-state index contributed by atoms with van der Waals surface area (Å²) in [6.07, 6.45) is -4.89. The number of alkyl carbamates (subject to hydrolysis) is 1. The molecule has 1 amide bonds. The SMILES string of the molecule is CC.Cc1ccc(F)c(C2(C)CSC(C)(O)C(NC(=O)OC(C)(C)C)=N2)c1.NCC(F)(F)F. The summed E-state index contributed by atoms with van der Waals surface area (Å²) in [6.45, 7) is 13.2. The van der Waals surface area contributed by atoms with Crippen molar-refractivity contribution in [3.05, 3.63) is 35.1 Å². The lowest BCUT2D eigenvalue weighted by Gasteiger charge is -2.38. The van der Waals surface area contributed by atoms with Gasteiger partial charge in [0, 0.05) is 11.3 Å². The van der Waals surface area contributed by atoms with Gasteiger partial charge in [-0.25, -0.2) is 9.18 Å². The second-order valence-corrected chi connectivity index (χ2v) is 9.81. The van der Waals surface area contributed by atoms with Crippen molar-refractivity contribution in [1.82, 2.24) is 5.32 Å². The molecule has 11 heteroatoms. The summed E-state index contributed by atoms with van der Waals surface area (Å²) >= 11 is 1.19. The predicted molar refractivity (Wildman–Crippen MR) is 125 cm³/mol. The molecule has 0 saturated carbocycles. The molecule has 0 fully saturated rings. The molecular weight excluding hydrogens is 462 g/mol. The zero-order chi connectivity index (χ0) is 26.3. The Morgan fingerprint density at radius 1 is 1.27 bits per heavy atom. The number of amides is 1. The van der Waals surface area contributed by atoms with Crippen LogP contribution in [0.15, 0.2) is 23.2 Å².